The van der Waals surface area contributed by atoms with Gasteiger partial charge in [0.2, 0.25) is 0 Å². The first-order valence-electron chi connectivity index (χ1n) is 10.8. The Labute approximate surface area is 193 Å². The number of rotatable bonds is 8. The largest absolute Gasteiger partial charge is 0.497 e. The number of hydrogen-bond acceptors (Lipinski definition) is 4. The molecule has 0 radical (unpaired) electrons. The molecule has 2 amide bonds. The molecule has 0 aliphatic carbocycles. The summed E-state index contributed by atoms with van der Waals surface area (Å²) in [4.78, 5) is 33.0. The van der Waals surface area contributed by atoms with Crippen molar-refractivity contribution in [2.24, 2.45) is 0 Å². The van der Waals surface area contributed by atoms with Gasteiger partial charge >= 0.3 is 6.03 Å². The lowest BCUT2D eigenvalue weighted by atomic mass is 10.1. The molecule has 7 nitrogen and oxygen atoms in total. The van der Waals surface area contributed by atoms with Gasteiger partial charge in [-0.1, -0.05) is 31.5 Å². The number of methoxy groups -OCH3 is 1. The van der Waals surface area contributed by atoms with Crippen LogP contribution in [0.15, 0.2) is 47.3 Å². The SMILES string of the molecule is CCCN(C(=O)Nc1cccc(OC)c1)C(CC)c1nc2cc(Cl)ccc2c(=O)n1CC. The molecule has 1 heterocycles. The number of nitrogens with zero attached hydrogens (tertiary/aromatic N) is 3. The molecule has 170 valence electrons. The summed E-state index contributed by atoms with van der Waals surface area (Å²) in [5, 5.41) is 3.98. The fourth-order valence-electron chi connectivity index (χ4n) is 3.85. The number of anilines is 1. The van der Waals surface area contributed by atoms with Crippen molar-refractivity contribution in [1.29, 1.82) is 0 Å². The molecule has 0 bridgehead atoms. The molecule has 1 aromatic heterocycles. The van der Waals surface area contributed by atoms with Crippen LogP contribution in [0.25, 0.3) is 10.9 Å². The lowest BCUT2D eigenvalue weighted by Crippen LogP contribution is -2.41. The Balaban J connectivity index is 2.05. The van der Waals surface area contributed by atoms with Crippen molar-refractivity contribution >= 4 is 34.2 Å². The summed E-state index contributed by atoms with van der Waals surface area (Å²) in [5.74, 6) is 1.22. The van der Waals surface area contributed by atoms with E-state index in [4.69, 9.17) is 21.3 Å². The molecule has 3 rings (SSSR count). The number of fused-ring (bicyclic) bond motifs is 1. The second kappa shape index (κ2) is 10.5. The zero-order chi connectivity index (χ0) is 23.3. The second-order valence-corrected chi connectivity index (χ2v) is 7.90. The van der Waals surface area contributed by atoms with Crippen LogP contribution >= 0.6 is 11.6 Å². The van der Waals surface area contributed by atoms with Crippen molar-refractivity contribution < 1.29 is 9.53 Å². The fraction of sp³-hybridized carbons (Fsp3) is 0.375. The van der Waals surface area contributed by atoms with E-state index in [2.05, 4.69) is 5.32 Å². The summed E-state index contributed by atoms with van der Waals surface area (Å²) in [6, 6.07) is 11.7. The summed E-state index contributed by atoms with van der Waals surface area (Å²) in [5.41, 5.74) is 1.04. The van der Waals surface area contributed by atoms with Gasteiger partial charge in [-0.25, -0.2) is 9.78 Å². The van der Waals surface area contributed by atoms with Gasteiger partial charge < -0.3 is 15.0 Å². The molecule has 32 heavy (non-hydrogen) atoms. The predicted octanol–water partition coefficient (Wildman–Crippen LogP) is 5.47. The number of hydrogen-bond donors (Lipinski definition) is 1. The van der Waals surface area contributed by atoms with Gasteiger partial charge in [0.25, 0.3) is 5.56 Å². The van der Waals surface area contributed by atoms with E-state index in [1.165, 1.54) is 0 Å². The summed E-state index contributed by atoms with van der Waals surface area (Å²) >= 11 is 6.15. The van der Waals surface area contributed by atoms with Crippen LogP contribution in [0.3, 0.4) is 0 Å². The van der Waals surface area contributed by atoms with Crippen LogP contribution in [-0.4, -0.2) is 34.1 Å². The van der Waals surface area contributed by atoms with E-state index in [9.17, 15) is 9.59 Å². The fourth-order valence-corrected chi connectivity index (χ4v) is 4.02. The number of halogens is 1. The highest BCUT2D eigenvalue weighted by Gasteiger charge is 2.28. The molecule has 1 atom stereocenters. The van der Waals surface area contributed by atoms with E-state index >= 15 is 0 Å². The summed E-state index contributed by atoms with van der Waals surface area (Å²) in [7, 11) is 1.58. The summed E-state index contributed by atoms with van der Waals surface area (Å²) in [6.45, 7) is 6.87. The van der Waals surface area contributed by atoms with Crippen LogP contribution in [-0.2, 0) is 6.54 Å². The van der Waals surface area contributed by atoms with Gasteiger partial charge in [-0.15, -0.1) is 0 Å². The minimum Gasteiger partial charge on any atom is -0.497 e. The smallest absolute Gasteiger partial charge is 0.322 e. The van der Waals surface area contributed by atoms with Crippen molar-refractivity contribution in [1.82, 2.24) is 14.5 Å². The lowest BCUT2D eigenvalue weighted by molar-refractivity contribution is 0.180. The summed E-state index contributed by atoms with van der Waals surface area (Å²) < 4.78 is 6.90. The van der Waals surface area contributed by atoms with Gasteiger partial charge in [-0.2, -0.15) is 0 Å². The quantitative estimate of drug-likeness (QED) is 0.487. The van der Waals surface area contributed by atoms with Crippen LogP contribution in [0.2, 0.25) is 5.02 Å². The van der Waals surface area contributed by atoms with E-state index in [1.807, 2.05) is 39.0 Å². The number of benzene rings is 2. The Kier molecular flexibility index (Phi) is 7.75. The van der Waals surface area contributed by atoms with Crippen molar-refractivity contribution in [3.63, 3.8) is 0 Å². The predicted molar refractivity (Wildman–Crippen MR) is 129 cm³/mol. The van der Waals surface area contributed by atoms with E-state index in [0.29, 0.717) is 52.7 Å². The molecule has 0 spiro atoms. The normalized spacial score (nSPS) is 11.9. The highest BCUT2D eigenvalue weighted by molar-refractivity contribution is 6.31. The third kappa shape index (κ3) is 4.88. The van der Waals surface area contributed by atoms with Crippen molar-refractivity contribution in [3.05, 3.63) is 63.7 Å². The molecule has 2 aromatic carbocycles. The number of amides is 2. The van der Waals surface area contributed by atoms with E-state index in [1.54, 1.807) is 40.8 Å². The van der Waals surface area contributed by atoms with Gasteiger partial charge in [0.05, 0.1) is 24.1 Å². The Morgan fingerprint density at radius 2 is 2.00 bits per heavy atom. The number of carbonyl (C=O) groups is 1. The molecular weight excluding hydrogens is 428 g/mol. The standard InChI is InChI=1S/C24H29ClN4O3/c1-5-13-29(24(31)26-17-9-8-10-18(15-17)32-4)21(6-2)22-27-20-14-16(25)11-12-19(20)23(30)28(22)7-3/h8-12,14-15,21H,5-7,13H2,1-4H3,(H,26,31). The molecule has 8 heteroatoms. The minimum absolute atomic E-state index is 0.132. The molecule has 3 aromatic rings. The maximum absolute atomic E-state index is 13.3. The van der Waals surface area contributed by atoms with Gasteiger partial charge in [0.15, 0.2) is 0 Å². The first-order chi connectivity index (χ1) is 15.4. The number of urea groups is 1. The number of carbonyl (C=O) groups excluding carboxylic acids is 1. The zero-order valence-electron chi connectivity index (χ0n) is 18.9. The van der Waals surface area contributed by atoms with Crippen molar-refractivity contribution in [2.75, 3.05) is 19.0 Å². The first-order valence-corrected chi connectivity index (χ1v) is 11.2. The first kappa shape index (κ1) is 23.6. The average Bonchev–Trinajstić information content (AvgIpc) is 2.79. The number of ether oxygens (including phenoxy) is 1. The van der Waals surface area contributed by atoms with Crippen LogP contribution in [0.1, 0.15) is 45.5 Å². The van der Waals surface area contributed by atoms with Crippen LogP contribution in [0.4, 0.5) is 10.5 Å². The minimum atomic E-state index is -0.378. The van der Waals surface area contributed by atoms with E-state index < -0.39 is 0 Å². The third-order valence-electron chi connectivity index (χ3n) is 5.37. The topological polar surface area (TPSA) is 76.5 Å². The Morgan fingerprint density at radius 3 is 2.66 bits per heavy atom. The van der Waals surface area contributed by atoms with Crippen LogP contribution < -0.4 is 15.6 Å². The number of nitrogens with one attached hydrogen (secondary N) is 1. The molecule has 0 fully saturated rings. The van der Waals surface area contributed by atoms with Gasteiger partial charge in [0.1, 0.15) is 11.6 Å². The molecule has 0 aliphatic rings. The molecule has 1 N–H and O–H groups in total. The van der Waals surface area contributed by atoms with Crippen molar-refractivity contribution in [2.45, 2.75) is 46.2 Å². The molecular formula is C24H29ClN4O3. The molecule has 0 aliphatic heterocycles. The van der Waals surface area contributed by atoms with Gasteiger partial charge in [-0.05, 0) is 50.1 Å². The summed E-state index contributed by atoms with van der Waals surface area (Å²) in [6.07, 6.45) is 1.36. The maximum atomic E-state index is 13.3. The van der Waals surface area contributed by atoms with E-state index in [0.717, 1.165) is 6.42 Å². The molecule has 1 unspecified atom stereocenters. The molecule has 0 saturated carbocycles. The van der Waals surface area contributed by atoms with Gasteiger partial charge in [0, 0.05) is 29.9 Å². The van der Waals surface area contributed by atoms with Crippen molar-refractivity contribution in [3.8, 4) is 5.75 Å². The number of aromatic nitrogens is 2. The zero-order valence-corrected chi connectivity index (χ0v) is 19.6. The Morgan fingerprint density at radius 1 is 1.22 bits per heavy atom. The second-order valence-electron chi connectivity index (χ2n) is 7.46. The average molecular weight is 457 g/mol. The molecule has 0 saturated heterocycles. The Bertz CT molecular complexity index is 1160. The highest BCUT2D eigenvalue weighted by atomic mass is 35.5. The maximum Gasteiger partial charge on any atom is 0.322 e. The lowest BCUT2D eigenvalue weighted by Gasteiger charge is -2.32. The Hall–Kier alpha value is -3.06. The third-order valence-corrected chi connectivity index (χ3v) is 5.61. The van der Waals surface area contributed by atoms with Gasteiger partial charge in [-0.3, -0.25) is 9.36 Å². The van der Waals surface area contributed by atoms with Crippen LogP contribution in [0, 0.1) is 0 Å². The van der Waals surface area contributed by atoms with Crippen LogP contribution in [0.5, 0.6) is 5.75 Å². The highest BCUT2D eigenvalue weighted by Crippen LogP contribution is 2.26. The van der Waals surface area contributed by atoms with E-state index in [-0.39, 0.29) is 17.6 Å². The monoisotopic (exact) mass is 456 g/mol.